The summed E-state index contributed by atoms with van der Waals surface area (Å²) in [6, 6.07) is 0.159. The summed E-state index contributed by atoms with van der Waals surface area (Å²) in [6.45, 7) is 4.64. The minimum atomic E-state index is -0.308. The Balaban J connectivity index is 1.57. The smallest absolute Gasteiger partial charge is 0.0948 e. The predicted octanol–water partition coefficient (Wildman–Crippen LogP) is 0.0676. The van der Waals surface area contributed by atoms with E-state index < -0.39 is 0 Å². The molecule has 0 saturated carbocycles. The van der Waals surface area contributed by atoms with Crippen molar-refractivity contribution in [2.24, 2.45) is 5.92 Å². The minimum Gasteiger partial charge on any atom is -0.389 e. The fraction of sp³-hybridized carbons (Fsp3) is 1.00. The van der Waals surface area contributed by atoms with E-state index in [1.54, 1.807) is 0 Å². The van der Waals surface area contributed by atoms with Crippen molar-refractivity contribution in [2.75, 3.05) is 39.9 Å². The highest BCUT2D eigenvalue weighted by Crippen LogP contribution is 2.19. The predicted molar refractivity (Wildman–Crippen MR) is 63.5 cm³/mol. The maximum Gasteiger partial charge on any atom is 0.0948 e. The van der Waals surface area contributed by atoms with Crippen LogP contribution in [-0.2, 0) is 4.74 Å². The number of rotatable bonds is 4. The van der Waals surface area contributed by atoms with Gasteiger partial charge in [0.15, 0.2) is 0 Å². The zero-order chi connectivity index (χ0) is 11.4. The second-order valence-electron chi connectivity index (χ2n) is 5.20. The van der Waals surface area contributed by atoms with Crippen LogP contribution in [0, 0.1) is 5.92 Å². The Kier molecular flexibility index (Phi) is 4.58. The fourth-order valence-electron chi connectivity index (χ4n) is 2.56. The quantitative estimate of drug-likeness (QED) is 0.714. The molecule has 0 aromatic carbocycles. The normalized spacial score (nSPS) is 33.4. The molecule has 2 fully saturated rings. The summed E-state index contributed by atoms with van der Waals surface area (Å²) in [6.07, 6.45) is 3.57. The molecule has 2 N–H and O–H groups in total. The van der Waals surface area contributed by atoms with Gasteiger partial charge in [0, 0.05) is 0 Å². The van der Waals surface area contributed by atoms with Gasteiger partial charge in [-0.1, -0.05) is 0 Å². The number of aliphatic hydroxyl groups is 1. The van der Waals surface area contributed by atoms with E-state index in [-0.39, 0.29) is 12.1 Å². The van der Waals surface area contributed by atoms with Gasteiger partial charge in [0.05, 0.1) is 25.4 Å². The summed E-state index contributed by atoms with van der Waals surface area (Å²) < 4.78 is 5.21. The lowest BCUT2D eigenvalue weighted by Gasteiger charge is -2.29. The molecule has 0 aliphatic carbocycles. The first-order chi connectivity index (χ1) is 7.75. The SMILES string of the molecule is CN1CCC(CCNC2COCC2O)CC1. The first-order valence-corrected chi connectivity index (χ1v) is 6.43. The largest absolute Gasteiger partial charge is 0.389 e. The van der Waals surface area contributed by atoms with Gasteiger partial charge in [-0.3, -0.25) is 0 Å². The third-order valence-corrected chi connectivity index (χ3v) is 3.85. The second-order valence-corrected chi connectivity index (χ2v) is 5.20. The number of nitrogens with one attached hydrogen (secondary N) is 1. The molecule has 16 heavy (non-hydrogen) atoms. The van der Waals surface area contributed by atoms with Crippen LogP contribution in [-0.4, -0.2) is 62.0 Å². The van der Waals surface area contributed by atoms with Gasteiger partial charge in [0.25, 0.3) is 0 Å². The van der Waals surface area contributed by atoms with Gasteiger partial charge in [0.1, 0.15) is 0 Å². The van der Waals surface area contributed by atoms with Crippen LogP contribution in [0.25, 0.3) is 0 Å². The third-order valence-electron chi connectivity index (χ3n) is 3.85. The molecule has 2 rings (SSSR count). The number of hydrogen-bond acceptors (Lipinski definition) is 4. The summed E-state index contributed by atoms with van der Waals surface area (Å²) in [5.41, 5.74) is 0. The van der Waals surface area contributed by atoms with Crippen LogP contribution in [0.4, 0.5) is 0 Å². The van der Waals surface area contributed by atoms with Crippen molar-refractivity contribution >= 4 is 0 Å². The molecule has 0 radical (unpaired) electrons. The van der Waals surface area contributed by atoms with Gasteiger partial charge in [-0.2, -0.15) is 0 Å². The molecule has 94 valence electrons. The van der Waals surface area contributed by atoms with Crippen LogP contribution in [0.2, 0.25) is 0 Å². The van der Waals surface area contributed by atoms with Crippen molar-refractivity contribution in [3.63, 3.8) is 0 Å². The minimum absolute atomic E-state index is 0.159. The highest BCUT2D eigenvalue weighted by molar-refractivity contribution is 4.81. The third kappa shape index (κ3) is 3.42. The lowest BCUT2D eigenvalue weighted by molar-refractivity contribution is 0.122. The van der Waals surface area contributed by atoms with Crippen molar-refractivity contribution in [3.05, 3.63) is 0 Å². The number of hydrogen-bond donors (Lipinski definition) is 2. The molecule has 0 bridgehead atoms. The molecular weight excluding hydrogens is 204 g/mol. The van der Waals surface area contributed by atoms with Gasteiger partial charge in [-0.05, 0) is 51.9 Å². The van der Waals surface area contributed by atoms with Crippen molar-refractivity contribution in [2.45, 2.75) is 31.4 Å². The van der Waals surface area contributed by atoms with Gasteiger partial charge >= 0.3 is 0 Å². The standard InChI is InChI=1S/C12H24N2O2/c1-14-6-3-10(4-7-14)2-5-13-11-8-16-9-12(11)15/h10-13,15H,2-9H2,1H3. The van der Waals surface area contributed by atoms with Crippen molar-refractivity contribution in [3.8, 4) is 0 Å². The van der Waals surface area contributed by atoms with Crippen molar-refractivity contribution < 1.29 is 9.84 Å². The molecule has 0 amide bonds. The van der Waals surface area contributed by atoms with E-state index in [0.717, 1.165) is 12.5 Å². The molecule has 2 atom stereocenters. The molecule has 2 saturated heterocycles. The van der Waals surface area contributed by atoms with E-state index in [1.807, 2.05) is 0 Å². The van der Waals surface area contributed by atoms with Crippen LogP contribution < -0.4 is 5.32 Å². The molecule has 0 spiro atoms. The summed E-state index contributed by atoms with van der Waals surface area (Å²) in [5.74, 6) is 0.864. The first-order valence-electron chi connectivity index (χ1n) is 6.43. The number of aliphatic hydroxyl groups excluding tert-OH is 1. The second kappa shape index (κ2) is 5.96. The van der Waals surface area contributed by atoms with Crippen LogP contribution >= 0.6 is 0 Å². The molecule has 4 heteroatoms. The lowest BCUT2D eigenvalue weighted by atomic mass is 9.94. The summed E-state index contributed by atoms with van der Waals surface area (Å²) in [5, 5.41) is 13.0. The average molecular weight is 228 g/mol. The van der Waals surface area contributed by atoms with E-state index in [1.165, 1.54) is 32.4 Å². The van der Waals surface area contributed by atoms with E-state index >= 15 is 0 Å². The highest BCUT2D eigenvalue weighted by atomic mass is 16.5. The molecular formula is C12H24N2O2. The van der Waals surface area contributed by atoms with Gasteiger partial charge in [0.2, 0.25) is 0 Å². The van der Waals surface area contributed by atoms with E-state index in [2.05, 4.69) is 17.3 Å². The maximum atomic E-state index is 9.57. The Bertz CT molecular complexity index is 205. The van der Waals surface area contributed by atoms with E-state index in [9.17, 15) is 5.11 Å². The van der Waals surface area contributed by atoms with Crippen molar-refractivity contribution in [1.29, 1.82) is 0 Å². The summed E-state index contributed by atoms with van der Waals surface area (Å²) in [4.78, 5) is 2.40. The van der Waals surface area contributed by atoms with Crippen LogP contribution in [0.5, 0.6) is 0 Å². The summed E-state index contributed by atoms with van der Waals surface area (Å²) >= 11 is 0. The van der Waals surface area contributed by atoms with E-state index in [4.69, 9.17) is 4.74 Å². The zero-order valence-electron chi connectivity index (χ0n) is 10.2. The Morgan fingerprint density at radius 1 is 1.31 bits per heavy atom. The van der Waals surface area contributed by atoms with Crippen LogP contribution in [0.1, 0.15) is 19.3 Å². The number of piperidine rings is 1. The van der Waals surface area contributed by atoms with Crippen LogP contribution in [0.15, 0.2) is 0 Å². The number of nitrogens with zero attached hydrogens (tertiary/aromatic N) is 1. The lowest BCUT2D eigenvalue weighted by Crippen LogP contribution is -2.40. The summed E-state index contributed by atoms with van der Waals surface area (Å²) in [7, 11) is 2.20. The van der Waals surface area contributed by atoms with Gasteiger partial charge in [-0.25, -0.2) is 0 Å². The molecule has 2 aliphatic heterocycles. The first kappa shape index (κ1) is 12.3. The molecule has 2 heterocycles. The fourth-order valence-corrected chi connectivity index (χ4v) is 2.56. The van der Waals surface area contributed by atoms with Gasteiger partial charge < -0.3 is 20.1 Å². The molecule has 0 aromatic rings. The molecule has 2 aliphatic rings. The number of likely N-dealkylation sites (tertiary alicyclic amines) is 1. The van der Waals surface area contributed by atoms with Crippen molar-refractivity contribution in [1.82, 2.24) is 10.2 Å². The maximum absolute atomic E-state index is 9.57. The Hall–Kier alpha value is -0.160. The van der Waals surface area contributed by atoms with Crippen LogP contribution in [0.3, 0.4) is 0 Å². The molecule has 2 unspecified atom stereocenters. The monoisotopic (exact) mass is 228 g/mol. The molecule has 0 aromatic heterocycles. The van der Waals surface area contributed by atoms with Gasteiger partial charge in [-0.15, -0.1) is 0 Å². The van der Waals surface area contributed by atoms with E-state index in [0.29, 0.717) is 13.2 Å². The molecule has 4 nitrogen and oxygen atoms in total. The highest BCUT2D eigenvalue weighted by Gasteiger charge is 2.25. The topological polar surface area (TPSA) is 44.7 Å². The average Bonchev–Trinajstić information content (AvgIpc) is 2.68. The Morgan fingerprint density at radius 3 is 2.69 bits per heavy atom. The number of ether oxygens (including phenoxy) is 1. The Morgan fingerprint density at radius 2 is 2.06 bits per heavy atom. The Labute approximate surface area is 98.0 Å². The zero-order valence-corrected chi connectivity index (χ0v) is 10.2.